The Morgan fingerprint density at radius 3 is 1.33 bits per heavy atom. The first-order valence-electron chi connectivity index (χ1n) is 8.11. The molecule has 4 nitrogen and oxygen atoms in total. The zero-order valence-corrected chi connectivity index (χ0v) is 15.8. The molecule has 0 aromatic rings. The van der Waals surface area contributed by atoms with Gasteiger partial charge < -0.3 is 10.6 Å². The normalized spacial score (nSPS) is 21.0. The molecule has 0 bridgehead atoms. The molecule has 0 heterocycles. The zero-order valence-electron chi connectivity index (χ0n) is 12.7. The summed E-state index contributed by atoms with van der Waals surface area (Å²) in [6.07, 6.45) is 13.8. The molecule has 0 aromatic carbocycles. The summed E-state index contributed by atoms with van der Waals surface area (Å²) in [6, 6.07) is 1.47. The topological polar surface area (TPSA) is 48.1 Å². The molecule has 0 unspecified atom stereocenters. The van der Waals surface area contributed by atoms with Gasteiger partial charge >= 0.3 is 35.0 Å². The first-order chi connectivity index (χ1) is 10.4. The fourth-order valence-corrected chi connectivity index (χ4v) is 3.13. The minimum atomic E-state index is -0.106. The van der Waals surface area contributed by atoms with Crippen molar-refractivity contribution in [3.63, 3.8) is 0 Å². The van der Waals surface area contributed by atoms with Crippen LogP contribution in [0.2, 0.25) is 0 Å². The molecule has 0 aliphatic heterocycles. The van der Waals surface area contributed by atoms with Gasteiger partial charge in [0.05, 0.1) is 13.3 Å². The van der Waals surface area contributed by atoms with E-state index in [-0.39, 0.29) is 15.9 Å². The van der Waals surface area contributed by atoms with Crippen molar-refractivity contribution in [2.24, 2.45) is 0 Å². The van der Waals surface area contributed by atoms with Gasteiger partial charge in [-0.15, -0.1) is 0 Å². The molecule has 0 spiro atoms. The molecule has 2 fully saturated rings. The second kappa shape index (κ2) is 14.7. The molecule has 7 heteroatoms. The van der Waals surface area contributed by atoms with E-state index in [9.17, 15) is 0 Å². The molecule has 130 valence electrons. The fraction of sp³-hybridized carbons (Fsp3) is 1.00. The van der Waals surface area contributed by atoms with Crippen molar-refractivity contribution in [2.45, 2.75) is 76.3 Å². The zero-order chi connectivity index (χ0) is 15.2. The fourth-order valence-electron chi connectivity index (χ4n) is 3.13. The Kier molecular flexibility index (Phi) is 14.1. The molecule has 0 amide bonds. The summed E-state index contributed by atoms with van der Waals surface area (Å²) in [5, 5.41) is 7.12. The van der Waals surface area contributed by atoms with Gasteiger partial charge in [0, 0.05) is 12.1 Å². The Labute approximate surface area is 145 Å². The maximum absolute atomic E-state index is 4.81. The van der Waals surface area contributed by atoms with Crippen LogP contribution < -0.4 is 21.5 Å². The summed E-state index contributed by atoms with van der Waals surface area (Å²) < 4.78 is 0. The van der Waals surface area contributed by atoms with Crippen LogP contribution in [0.25, 0.3) is 0 Å². The van der Waals surface area contributed by atoms with E-state index in [1.807, 2.05) is 0 Å². The molecule has 2 aliphatic rings. The quantitative estimate of drug-likeness (QED) is 0.216. The third-order valence-corrected chi connectivity index (χ3v) is 4.29. The standard InChI is InChI=1S/C14H30N4.2ClH.Pd/c1-3-7-13(8-4-1)15-11-17-18-12-16-14-9-5-2-6-10-14;;;/h13-18H,1-12H2;2*1H;/q;;;+2/p-2. The summed E-state index contributed by atoms with van der Waals surface area (Å²) in [5.41, 5.74) is 6.50. The average Bonchev–Trinajstić information content (AvgIpc) is 2.53. The van der Waals surface area contributed by atoms with E-state index in [2.05, 4.69) is 21.5 Å². The van der Waals surface area contributed by atoms with Crippen LogP contribution in [-0.2, 0) is 15.9 Å². The molecule has 0 saturated heterocycles. The van der Waals surface area contributed by atoms with E-state index in [0.29, 0.717) is 0 Å². The molecular weight excluding hydrogens is 402 g/mol. The van der Waals surface area contributed by atoms with Crippen molar-refractivity contribution in [3.8, 4) is 0 Å². The Balaban J connectivity index is 0.000000677. The maximum atomic E-state index is 4.81. The molecule has 2 rings (SSSR count). The van der Waals surface area contributed by atoms with Crippen LogP contribution in [0.1, 0.15) is 64.2 Å². The van der Waals surface area contributed by atoms with E-state index in [0.717, 1.165) is 25.4 Å². The van der Waals surface area contributed by atoms with Crippen LogP contribution in [0.3, 0.4) is 0 Å². The molecule has 2 saturated carbocycles. The summed E-state index contributed by atoms with van der Waals surface area (Å²) >= 11 is -0.106. The van der Waals surface area contributed by atoms with Crippen LogP contribution in [0.5, 0.6) is 0 Å². The van der Waals surface area contributed by atoms with Crippen molar-refractivity contribution in [2.75, 3.05) is 13.3 Å². The van der Waals surface area contributed by atoms with E-state index in [4.69, 9.17) is 19.1 Å². The van der Waals surface area contributed by atoms with Gasteiger partial charge in [0.2, 0.25) is 0 Å². The minimum absolute atomic E-state index is 0.106. The van der Waals surface area contributed by atoms with Crippen molar-refractivity contribution >= 4 is 19.1 Å². The van der Waals surface area contributed by atoms with Crippen LogP contribution in [-0.4, -0.2) is 25.4 Å². The van der Waals surface area contributed by atoms with Crippen molar-refractivity contribution in [3.05, 3.63) is 0 Å². The predicted octanol–water partition coefficient (Wildman–Crippen LogP) is 3.22. The molecule has 0 aromatic heterocycles. The Hall–Kier alpha value is 1.08. The van der Waals surface area contributed by atoms with Gasteiger partial charge in [-0.2, -0.15) is 0 Å². The number of rotatable bonds is 7. The van der Waals surface area contributed by atoms with E-state index in [1.54, 1.807) is 0 Å². The summed E-state index contributed by atoms with van der Waals surface area (Å²) in [6.45, 7) is 1.74. The first-order valence-corrected chi connectivity index (χ1v) is 12.1. The number of halogens is 2. The van der Waals surface area contributed by atoms with Crippen LogP contribution in [0, 0.1) is 0 Å². The van der Waals surface area contributed by atoms with Crippen LogP contribution in [0.15, 0.2) is 0 Å². The Morgan fingerprint density at radius 1 is 0.667 bits per heavy atom. The van der Waals surface area contributed by atoms with Gasteiger partial charge in [-0.3, -0.25) is 0 Å². The van der Waals surface area contributed by atoms with Crippen LogP contribution in [0.4, 0.5) is 0 Å². The predicted molar refractivity (Wildman–Crippen MR) is 87.7 cm³/mol. The Morgan fingerprint density at radius 2 is 1.00 bits per heavy atom. The van der Waals surface area contributed by atoms with Crippen molar-refractivity contribution in [1.82, 2.24) is 21.5 Å². The molecular formula is C14H30Cl2N4Pd. The third kappa shape index (κ3) is 11.3. The SMILES string of the molecule is C1CCC(NCNNCNC2CCCCC2)CC1.[Cl][Pd][Cl]. The molecule has 0 atom stereocenters. The van der Waals surface area contributed by atoms with Gasteiger partial charge in [-0.1, -0.05) is 38.5 Å². The number of hydrogen-bond acceptors (Lipinski definition) is 4. The number of nitrogens with one attached hydrogen (secondary N) is 4. The first kappa shape index (κ1) is 20.1. The third-order valence-electron chi connectivity index (χ3n) is 4.29. The average molecular weight is 432 g/mol. The van der Waals surface area contributed by atoms with E-state index in [1.165, 1.54) is 64.2 Å². The molecule has 21 heavy (non-hydrogen) atoms. The van der Waals surface area contributed by atoms with Crippen molar-refractivity contribution in [1.29, 1.82) is 0 Å². The molecule has 4 N–H and O–H groups in total. The van der Waals surface area contributed by atoms with E-state index >= 15 is 0 Å². The molecule has 2 aliphatic carbocycles. The van der Waals surface area contributed by atoms with Gasteiger partial charge in [0.25, 0.3) is 0 Å². The number of hydrogen-bond donors (Lipinski definition) is 4. The van der Waals surface area contributed by atoms with Crippen LogP contribution >= 0.6 is 19.1 Å². The van der Waals surface area contributed by atoms with E-state index < -0.39 is 0 Å². The van der Waals surface area contributed by atoms with Gasteiger partial charge in [-0.25, -0.2) is 10.9 Å². The van der Waals surface area contributed by atoms with Gasteiger partial charge in [0.1, 0.15) is 0 Å². The second-order valence-corrected chi connectivity index (χ2v) is 8.19. The monoisotopic (exact) mass is 430 g/mol. The summed E-state index contributed by atoms with van der Waals surface area (Å²) in [5.74, 6) is 0. The molecule has 0 radical (unpaired) electrons. The van der Waals surface area contributed by atoms with Gasteiger partial charge in [-0.05, 0) is 25.7 Å². The summed E-state index contributed by atoms with van der Waals surface area (Å²) in [7, 11) is 9.63. The second-order valence-electron chi connectivity index (χ2n) is 5.83. The Bertz CT molecular complexity index is 203. The van der Waals surface area contributed by atoms with Crippen molar-refractivity contribution < 1.29 is 15.9 Å². The summed E-state index contributed by atoms with van der Waals surface area (Å²) in [4.78, 5) is 0. The van der Waals surface area contributed by atoms with Gasteiger partial charge in [0.15, 0.2) is 0 Å². The number of hydrazine groups is 1.